The van der Waals surface area contributed by atoms with E-state index in [1.807, 2.05) is 0 Å². The van der Waals surface area contributed by atoms with Crippen molar-refractivity contribution in [3.05, 3.63) is 0 Å². The zero-order valence-electron chi connectivity index (χ0n) is 20.6. The molecule has 4 unspecified atom stereocenters. The average molecular weight is 502 g/mol. The van der Waals surface area contributed by atoms with Gasteiger partial charge in [0.15, 0.2) is 5.96 Å². The van der Waals surface area contributed by atoms with Crippen molar-refractivity contribution in [1.82, 2.24) is 16.0 Å². The minimum Gasteiger partial charge on any atom is -0.481 e. The largest absolute Gasteiger partial charge is 0.481 e. The molecule has 0 rings (SSSR count). The fourth-order valence-electron chi connectivity index (χ4n) is 2.92. The molecule has 4 atom stereocenters. The van der Waals surface area contributed by atoms with Crippen LogP contribution in [0, 0.1) is 11.8 Å². The monoisotopic (exact) mass is 501 g/mol. The van der Waals surface area contributed by atoms with Gasteiger partial charge in [0.25, 0.3) is 0 Å². The fraction of sp³-hybridized carbons (Fsp3) is 0.714. The van der Waals surface area contributed by atoms with Gasteiger partial charge in [-0.2, -0.15) is 0 Å². The summed E-state index contributed by atoms with van der Waals surface area (Å²) in [6, 6.07) is -4.58. The normalized spacial score (nSPS) is 14.4. The van der Waals surface area contributed by atoms with Crippen LogP contribution in [-0.2, 0) is 24.0 Å². The van der Waals surface area contributed by atoms with Crippen LogP contribution in [-0.4, -0.2) is 76.5 Å². The Kier molecular flexibility index (Phi) is 14.0. The van der Waals surface area contributed by atoms with E-state index < -0.39 is 66.2 Å². The molecule has 0 aromatic carbocycles. The first-order valence-electron chi connectivity index (χ1n) is 11.3. The van der Waals surface area contributed by atoms with E-state index in [1.165, 1.54) is 0 Å². The maximum Gasteiger partial charge on any atom is 0.326 e. The van der Waals surface area contributed by atoms with E-state index in [0.29, 0.717) is 0 Å². The van der Waals surface area contributed by atoms with Crippen LogP contribution in [0.15, 0.2) is 4.99 Å². The van der Waals surface area contributed by atoms with Crippen molar-refractivity contribution in [2.75, 3.05) is 6.54 Å². The lowest BCUT2D eigenvalue weighted by Crippen LogP contribution is -2.58. The summed E-state index contributed by atoms with van der Waals surface area (Å²) >= 11 is 0. The topological polar surface area (TPSA) is 252 Å². The van der Waals surface area contributed by atoms with Crippen LogP contribution in [0.4, 0.5) is 0 Å². The molecule has 0 heterocycles. The Bertz CT molecular complexity index is 782. The van der Waals surface area contributed by atoms with E-state index in [1.54, 1.807) is 27.7 Å². The molecular weight excluding hydrogens is 462 g/mol. The Morgan fingerprint density at radius 1 is 0.800 bits per heavy atom. The summed E-state index contributed by atoms with van der Waals surface area (Å²) in [4.78, 5) is 64.4. The smallest absolute Gasteiger partial charge is 0.326 e. The molecule has 14 nitrogen and oxygen atoms in total. The third-order valence-corrected chi connectivity index (χ3v) is 5.11. The molecule has 0 spiro atoms. The van der Waals surface area contributed by atoms with Gasteiger partial charge in [0.1, 0.15) is 18.1 Å². The van der Waals surface area contributed by atoms with Crippen LogP contribution in [0.3, 0.4) is 0 Å². The molecule has 0 aliphatic carbocycles. The van der Waals surface area contributed by atoms with Crippen LogP contribution in [0.25, 0.3) is 0 Å². The minimum atomic E-state index is -1.27. The van der Waals surface area contributed by atoms with Gasteiger partial charge in [-0.15, -0.1) is 0 Å². The Morgan fingerprint density at radius 3 is 1.83 bits per heavy atom. The number of carbonyl (C=O) groups excluding carboxylic acids is 3. The molecule has 11 N–H and O–H groups in total. The Hall–Kier alpha value is -3.42. The number of rotatable bonds is 16. The Balaban J connectivity index is 5.43. The summed E-state index contributed by atoms with van der Waals surface area (Å²) in [6.07, 6.45) is -0.314. The highest BCUT2D eigenvalue weighted by Gasteiger charge is 2.32. The van der Waals surface area contributed by atoms with Crippen LogP contribution >= 0.6 is 0 Å². The second-order valence-electron chi connectivity index (χ2n) is 8.84. The number of guanidine groups is 1. The first-order chi connectivity index (χ1) is 16.2. The van der Waals surface area contributed by atoms with Crippen molar-refractivity contribution >= 4 is 35.6 Å². The van der Waals surface area contributed by atoms with Crippen molar-refractivity contribution in [3.8, 4) is 0 Å². The van der Waals surface area contributed by atoms with E-state index in [-0.39, 0.29) is 37.7 Å². The highest BCUT2D eigenvalue weighted by Crippen LogP contribution is 2.08. The second-order valence-corrected chi connectivity index (χ2v) is 8.84. The van der Waals surface area contributed by atoms with Crippen molar-refractivity contribution in [2.24, 2.45) is 34.0 Å². The lowest BCUT2D eigenvalue weighted by Gasteiger charge is -2.27. The second kappa shape index (κ2) is 15.5. The number of aliphatic carboxylic acids is 2. The van der Waals surface area contributed by atoms with Gasteiger partial charge in [0.05, 0.1) is 6.04 Å². The number of carbonyl (C=O) groups is 5. The van der Waals surface area contributed by atoms with Crippen LogP contribution < -0.4 is 33.2 Å². The van der Waals surface area contributed by atoms with Crippen LogP contribution in [0.5, 0.6) is 0 Å². The molecule has 0 fully saturated rings. The molecule has 0 aromatic rings. The number of hydrogen-bond acceptors (Lipinski definition) is 7. The number of nitrogens with two attached hydrogens (primary N) is 3. The standard InChI is InChI=1S/C21H39N7O7/c1-10(2)15(22)18(32)26-12(7-8-14(29)30)17(31)28-16(11(3)4)19(33)27-13(20(34)35)6-5-9-25-21(23)24/h10-13,15-16H,5-9,22H2,1-4H3,(H,26,32)(H,27,33)(H,28,31)(H,29,30)(H,34,35)(H4,23,24,25). The maximum atomic E-state index is 12.9. The molecule has 0 bridgehead atoms. The molecule has 0 saturated carbocycles. The highest BCUT2D eigenvalue weighted by atomic mass is 16.4. The zero-order valence-corrected chi connectivity index (χ0v) is 20.6. The number of carboxylic acids is 2. The summed E-state index contributed by atoms with van der Waals surface area (Å²) in [5.41, 5.74) is 16.3. The predicted octanol–water partition coefficient (Wildman–Crippen LogP) is -1.92. The van der Waals surface area contributed by atoms with E-state index >= 15 is 0 Å². The molecule has 200 valence electrons. The molecule has 0 saturated heterocycles. The first kappa shape index (κ1) is 31.6. The summed E-state index contributed by atoms with van der Waals surface area (Å²) in [5.74, 6) is -5.44. The average Bonchev–Trinajstić information content (AvgIpc) is 2.74. The first-order valence-corrected chi connectivity index (χ1v) is 11.3. The molecule has 35 heavy (non-hydrogen) atoms. The summed E-state index contributed by atoms with van der Waals surface area (Å²) in [6.45, 7) is 6.88. The van der Waals surface area contributed by atoms with Crippen molar-refractivity contribution in [2.45, 2.75) is 77.5 Å². The zero-order chi connectivity index (χ0) is 27.3. The van der Waals surface area contributed by atoms with Gasteiger partial charge in [0.2, 0.25) is 17.7 Å². The number of nitrogens with one attached hydrogen (secondary N) is 3. The van der Waals surface area contributed by atoms with Crippen molar-refractivity contribution in [3.63, 3.8) is 0 Å². The number of carboxylic acid groups (broad SMARTS) is 2. The third-order valence-electron chi connectivity index (χ3n) is 5.11. The molecular formula is C21H39N7O7. The quantitative estimate of drug-likeness (QED) is 0.0661. The molecule has 0 aliphatic rings. The molecule has 3 amide bonds. The molecule has 0 aliphatic heterocycles. The summed E-state index contributed by atoms with van der Waals surface area (Å²) < 4.78 is 0. The predicted molar refractivity (Wildman–Crippen MR) is 128 cm³/mol. The number of nitrogens with zero attached hydrogens (tertiary/aromatic N) is 1. The summed E-state index contributed by atoms with van der Waals surface area (Å²) in [7, 11) is 0. The molecule has 14 heteroatoms. The van der Waals surface area contributed by atoms with Crippen molar-refractivity contribution < 1.29 is 34.2 Å². The van der Waals surface area contributed by atoms with Crippen LogP contribution in [0.2, 0.25) is 0 Å². The minimum absolute atomic E-state index is 0.0427. The van der Waals surface area contributed by atoms with E-state index in [2.05, 4.69) is 20.9 Å². The van der Waals surface area contributed by atoms with E-state index in [9.17, 15) is 29.1 Å². The lowest BCUT2D eigenvalue weighted by atomic mass is 10.0. The van der Waals surface area contributed by atoms with E-state index in [4.69, 9.17) is 22.3 Å². The fourth-order valence-corrected chi connectivity index (χ4v) is 2.92. The van der Waals surface area contributed by atoms with E-state index in [0.717, 1.165) is 0 Å². The lowest BCUT2D eigenvalue weighted by molar-refractivity contribution is -0.142. The Labute approximate surface area is 204 Å². The Morgan fingerprint density at radius 2 is 1.37 bits per heavy atom. The number of amides is 3. The third kappa shape index (κ3) is 12.6. The van der Waals surface area contributed by atoms with Crippen LogP contribution in [0.1, 0.15) is 53.4 Å². The van der Waals surface area contributed by atoms with Gasteiger partial charge in [0, 0.05) is 13.0 Å². The SMILES string of the molecule is CC(C)C(N)C(=O)NC(CCC(=O)O)C(=O)NC(C(=O)NC(CCCN=C(N)N)C(=O)O)C(C)C. The summed E-state index contributed by atoms with van der Waals surface area (Å²) in [5, 5.41) is 25.8. The number of aliphatic imine (C=N–C) groups is 1. The van der Waals surface area contributed by atoms with Crippen molar-refractivity contribution in [1.29, 1.82) is 0 Å². The number of hydrogen-bond donors (Lipinski definition) is 8. The van der Waals surface area contributed by atoms with Gasteiger partial charge in [-0.1, -0.05) is 27.7 Å². The maximum absolute atomic E-state index is 12.9. The molecule has 0 aromatic heterocycles. The van der Waals surface area contributed by atoms with Gasteiger partial charge < -0.3 is 43.4 Å². The van der Waals surface area contributed by atoms with Gasteiger partial charge in [-0.3, -0.25) is 24.2 Å². The van der Waals surface area contributed by atoms with Gasteiger partial charge >= 0.3 is 11.9 Å². The highest BCUT2D eigenvalue weighted by molar-refractivity contribution is 5.94. The molecule has 0 radical (unpaired) electrons. The van der Waals surface area contributed by atoms with Gasteiger partial charge in [-0.05, 0) is 31.1 Å². The van der Waals surface area contributed by atoms with Gasteiger partial charge in [-0.25, -0.2) is 4.79 Å².